The molecule has 2 aliphatic rings. The Labute approximate surface area is 206 Å². The van der Waals surface area contributed by atoms with Gasteiger partial charge in [-0.2, -0.15) is 0 Å². The average molecular weight is 483 g/mol. The van der Waals surface area contributed by atoms with Crippen LogP contribution < -0.4 is 15.5 Å². The highest BCUT2D eigenvalue weighted by molar-refractivity contribution is 6.34. The molecular weight excluding hydrogens is 462 g/mol. The van der Waals surface area contributed by atoms with E-state index in [1.165, 1.54) is 24.3 Å². The number of esters is 1. The third-order valence-corrected chi connectivity index (χ3v) is 5.81. The number of fused-ring (bicyclic) bond motifs is 1. The average Bonchev–Trinajstić information content (AvgIpc) is 3.67. The first-order valence-electron chi connectivity index (χ1n) is 11.4. The molecule has 180 valence electrons. The summed E-state index contributed by atoms with van der Waals surface area (Å²) >= 11 is 0. The summed E-state index contributed by atoms with van der Waals surface area (Å²) in [6, 6.07) is 19.0. The molecule has 3 aromatic rings. The SMILES string of the molecule is O=C(COC(=O)c1ccc(N2C(=O)c3ccccc3C2=O)cc1)Nc1cccc(C(=O)NC2CC2)c1. The van der Waals surface area contributed by atoms with Crippen molar-refractivity contribution in [1.82, 2.24) is 5.32 Å². The van der Waals surface area contributed by atoms with Crippen LogP contribution in [0.1, 0.15) is 54.3 Å². The summed E-state index contributed by atoms with van der Waals surface area (Å²) in [6.07, 6.45) is 1.94. The monoisotopic (exact) mass is 483 g/mol. The van der Waals surface area contributed by atoms with Gasteiger partial charge in [-0.25, -0.2) is 9.69 Å². The quantitative estimate of drug-likeness (QED) is 0.393. The number of imide groups is 1. The van der Waals surface area contributed by atoms with Crippen LogP contribution in [0.2, 0.25) is 0 Å². The minimum Gasteiger partial charge on any atom is -0.452 e. The van der Waals surface area contributed by atoms with Crippen molar-refractivity contribution in [3.05, 3.63) is 95.1 Å². The largest absolute Gasteiger partial charge is 0.452 e. The number of anilines is 2. The molecule has 0 unspecified atom stereocenters. The van der Waals surface area contributed by atoms with Crippen LogP contribution in [0.5, 0.6) is 0 Å². The van der Waals surface area contributed by atoms with Gasteiger partial charge in [0.05, 0.1) is 22.4 Å². The molecule has 1 fully saturated rings. The van der Waals surface area contributed by atoms with E-state index < -0.39 is 30.3 Å². The molecule has 9 heteroatoms. The van der Waals surface area contributed by atoms with Gasteiger partial charge in [0.1, 0.15) is 0 Å². The zero-order valence-corrected chi connectivity index (χ0v) is 19.0. The Morgan fingerprint density at radius 3 is 2.14 bits per heavy atom. The number of carbonyl (C=O) groups excluding carboxylic acids is 5. The molecule has 9 nitrogen and oxygen atoms in total. The Morgan fingerprint density at radius 2 is 1.50 bits per heavy atom. The number of hydrogen-bond donors (Lipinski definition) is 2. The molecule has 0 radical (unpaired) electrons. The maximum absolute atomic E-state index is 12.6. The Kier molecular flexibility index (Phi) is 6.03. The van der Waals surface area contributed by atoms with E-state index in [0.717, 1.165) is 17.7 Å². The maximum Gasteiger partial charge on any atom is 0.338 e. The summed E-state index contributed by atoms with van der Waals surface area (Å²) in [5.41, 5.74) is 1.96. The number of benzene rings is 3. The first-order valence-corrected chi connectivity index (χ1v) is 11.4. The summed E-state index contributed by atoms with van der Waals surface area (Å²) < 4.78 is 5.08. The van der Waals surface area contributed by atoms with Crippen LogP contribution in [0, 0.1) is 0 Å². The highest BCUT2D eigenvalue weighted by Gasteiger charge is 2.36. The minimum absolute atomic E-state index is 0.155. The van der Waals surface area contributed by atoms with Crippen LogP contribution in [0.3, 0.4) is 0 Å². The molecule has 0 saturated heterocycles. The van der Waals surface area contributed by atoms with Gasteiger partial charge in [-0.05, 0) is 67.4 Å². The number of nitrogens with one attached hydrogen (secondary N) is 2. The van der Waals surface area contributed by atoms with E-state index in [4.69, 9.17) is 4.74 Å². The lowest BCUT2D eigenvalue weighted by Crippen LogP contribution is -2.29. The lowest BCUT2D eigenvalue weighted by Gasteiger charge is -2.14. The van der Waals surface area contributed by atoms with Crippen molar-refractivity contribution in [3.63, 3.8) is 0 Å². The summed E-state index contributed by atoms with van der Waals surface area (Å²) in [6.45, 7) is -0.530. The van der Waals surface area contributed by atoms with E-state index in [-0.39, 0.29) is 17.5 Å². The molecule has 2 N–H and O–H groups in total. The van der Waals surface area contributed by atoms with Crippen LogP contribution in [-0.2, 0) is 9.53 Å². The summed E-state index contributed by atoms with van der Waals surface area (Å²) in [4.78, 5) is 63.1. The van der Waals surface area contributed by atoms with Gasteiger partial charge in [-0.15, -0.1) is 0 Å². The van der Waals surface area contributed by atoms with Crippen molar-refractivity contribution in [1.29, 1.82) is 0 Å². The standard InChI is InChI=1S/C27H21N3O6/c31-23(28-19-5-3-4-17(14-19)24(32)29-18-10-11-18)15-36-27(35)16-8-12-20(13-9-16)30-25(33)21-6-1-2-7-22(21)26(30)34/h1-9,12-14,18H,10-11,15H2,(H,28,31)(H,29,32). The third-order valence-electron chi connectivity index (χ3n) is 5.81. The zero-order valence-electron chi connectivity index (χ0n) is 19.0. The van der Waals surface area contributed by atoms with Crippen LogP contribution in [0.4, 0.5) is 11.4 Å². The molecule has 0 bridgehead atoms. The van der Waals surface area contributed by atoms with Crippen LogP contribution in [-0.4, -0.2) is 42.2 Å². The van der Waals surface area contributed by atoms with E-state index in [2.05, 4.69) is 10.6 Å². The van der Waals surface area contributed by atoms with E-state index in [1.54, 1.807) is 48.5 Å². The smallest absolute Gasteiger partial charge is 0.338 e. The molecule has 1 heterocycles. The molecule has 0 aromatic heterocycles. The van der Waals surface area contributed by atoms with Gasteiger partial charge in [0, 0.05) is 17.3 Å². The molecule has 4 amide bonds. The van der Waals surface area contributed by atoms with Crippen LogP contribution in [0.15, 0.2) is 72.8 Å². The van der Waals surface area contributed by atoms with E-state index in [1.807, 2.05) is 0 Å². The van der Waals surface area contributed by atoms with Crippen LogP contribution >= 0.6 is 0 Å². The van der Waals surface area contributed by atoms with Gasteiger partial charge in [-0.3, -0.25) is 19.2 Å². The lowest BCUT2D eigenvalue weighted by molar-refractivity contribution is -0.119. The number of rotatable bonds is 7. The first kappa shape index (κ1) is 23.0. The molecule has 36 heavy (non-hydrogen) atoms. The highest BCUT2D eigenvalue weighted by atomic mass is 16.5. The second-order valence-electron chi connectivity index (χ2n) is 8.49. The summed E-state index contributed by atoms with van der Waals surface area (Å²) in [5.74, 6) is -2.37. The lowest BCUT2D eigenvalue weighted by atomic mass is 10.1. The van der Waals surface area contributed by atoms with Crippen molar-refractivity contribution in [2.45, 2.75) is 18.9 Å². The Bertz CT molecular complexity index is 1360. The number of ether oxygens (including phenoxy) is 1. The Balaban J connectivity index is 1.16. The normalized spacial score (nSPS) is 14.3. The van der Waals surface area contributed by atoms with Crippen molar-refractivity contribution in [3.8, 4) is 0 Å². The zero-order chi connectivity index (χ0) is 25.2. The Morgan fingerprint density at radius 1 is 0.833 bits per heavy atom. The van der Waals surface area contributed by atoms with Crippen molar-refractivity contribution >= 4 is 41.0 Å². The van der Waals surface area contributed by atoms with Crippen molar-refractivity contribution < 1.29 is 28.7 Å². The summed E-state index contributed by atoms with van der Waals surface area (Å²) in [5, 5.41) is 5.48. The van der Waals surface area contributed by atoms with E-state index >= 15 is 0 Å². The van der Waals surface area contributed by atoms with E-state index in [0.29, 0.717) is 28.1 Å². The molecule has 1 aliphatic carbocycles. The number of nitrogens with zero attached hydrogens (tertiary/aromatic N) is 1. The fourth-order valence-electron chi connectivity index (χ4n) is 3.82. The van der Waals surface area contributed by atoms with Gasteiger partial charge < -0.3 is 15.4 Å². The maximum atomic E-state index is 12.6. The molecule has 0 atom stereocenters. The van der Waals surface area contributed by atoms with Crippen molar-refractivity contribution in [2.24, 2.45) is 0 Å². The van der Waals surface area contributed by atoms with Gasteiger partial charge in [0.15, 0.2) is 6.61 Å². The second kappa shape index (κ2) is 9.46. The summed E-state index contributed by atoms with van der Waals surface area (Å²) in [7, 11) is 0. The first-order chi connectivity index (χ1) is 17.4. The number of hydrogen-bond acceptors (Lipinski definition) is 6. The van der Waals surface area contributed by atoms with E-state index in [9.17, 15) is 24.0 Å². The minimum atomic E-state index is -0.739. The molecule has 0 spiro atoms. The number of carbonyl (C=O) groups is 5. The predicted molar refractivity (Wildman–Crippen MR) is 130 cm³/mol. The number of amides is 4. The van der Waals surface area contributed by atoms with Crippen molar-refractivity contribution in [2.75, 3.05) is 16.8 Å². The van der Waals surface area contributed by atoms with Gasteiger partial charge >= 0.3 is 5.97 Å². The highest BCUT2D eigenvalue weighted by Crippen LogP contribution is 2.28. The topological polar surface area (TPSA) is 122 Å². The molecule has 1 aliphatic heterocycles. The molecule has 5 rings (SSSR count). The van der Waals surface area contributed by atoms with Crippen LogP contribution in [0.25, 0.3) is 0 Å². The Hall–Kier alpha value is -4.79. The molecule has 3 aromatic carbocycles. The van der Waals surface area contributed by atoms with Gasteiger partial charge in [0.25, 0.3) is 23.6 Å². The molecular formula is C27H21N3O6. The van der Waals surface area contributed by atoms with Gasteiger partial charge in [-0.1, -0.05) is 18.2 Å². The molecule has 1 saturated carbocycles. The predicted octanol–water partition coefficient (Wildman–Crippen LogP) is 3.17. The van der Waals surface area contributed by atoms with Gasteiger partial charge in [0.2, 0.25) is 0 Å². The second-order valence-corrected chi connectivity index (χ2v) is 8.49. The third kappa shape index (κ3) is 4.72. The fraction of sp³-hybridized carbons (Fsp3) is 0.148. The fourth-order valence-corrected chi connectivity index (χ4v) is 3.82.